The predicted molar refractivity (Wildman–Crippen MR) is 83.1 cm³/mol. The minimum atomic E-state index is 0.233. The van der Waals surface area contributed by atoms with Gasteiger partial charge < -0.3 is 4.90 Å². The van der Waals surface area contributed by atoms with Crippen molar-refractivity contribution in [3.63, 3.8) is 0 Å². The molecule has 3 aliphatic rings. The maximum Gasteiger partial charge on any atom is 0.233 e. The van der Waals surface area contributed by atoms with E-state index in [1.54, 1.807) is 6.33 Å². The van der Waals surface area contributed by atoms with Crippen molar-refractivity contribution < 1.29 is 4.79 Å². The molecule has 0 aromatic carbocycles. The molecule has 5 heteroatoms. The van der Waals surface area contributed by atoms with E-state index in [1.807, 2.05) is 18.0 Å². The smallest absolute Gasteiger partial charge is 0.233 e. The summed E-state index contributed by atoms with van der Waals surface area (Å²) in [5, 5.41) is 0.715. The van der Waals surface area contributed by atoms with Gasteiger partial charge in [-0.1, -0.05) is 12.8 Å². The third-order valence-electron chi connectivity index (χ3n) is 5.15. The van der Waals surface area contributed by atoms with Gasteiger partial charge in [0, 0.05) is 29.5 Å². The molecule has 2 fully saturated rings. The fourth-order valence-electron chi connectivity index (χ4n) is 4.12. The third-order valence-corrected chi connectivity index (χ3v) is 6.51. The number of nitrogens with zero attached hydrogens (tertiary/aromatic N) is 3. The summed E-state index contributed by atoms with van der Waals surface area (Å²) in [5.41, 5.74) is 2.34. The van der Waals surface area contributed by atoms with Crippen molar-refractivity contribution in [2.75, 3.05) is 5.75 Å². The van der Waals surface area contributed by atoms with Crippen LogP contribution in [0.1, 0.15) is 55.8 Å². The number of rotatable bonds is 3. The average molecular weight is 303 g/mol. The Kier molecular flexibility index (Phi) is 3.61. The fourth-order valence-corrected chi connectivity index (χ4v) is 5.32. The molecule has 3 heterocycles. The molecule has 1 saturated heterocycles. The number of amides is 1. The van der Waals surface area contributed by atoms with Crippen LogP contribution < -0.4 is 0 Å². The lowest BCUT2D eigenvalue weighted by Crippen LogP contribution is -2.43. The second-order valence-electron chi connectivity index (χ2n) is 6.39. The Labute approximate surface area is 129 Å². The first kappa shape index (κ1) is 13.6. The first-order chi connectivity index (χ1) is 10.3. The Morgan fingerprint density at radius 3 is 3.00 bits per heavy atom. The van der Waals surface area contributed by atoms with E-state index < -0.39 is 0 Å². The second-order valence-corrected chi connectivity index (χ2v) is 7.68. The first-order valence-corrected chi connectivity index (χ1v) is 9.09. The average Bonchev–Trinajstić information content (AvgIpc) is 3.12. The number of aromatic nitrogens is 2. The van der Waals surface area contributed by atoms with Crippen LogP contribution in [0.3, 0.4) is 0 Å². The first-order valence-electron chi connectivity index (χ1n) is 8.04. The molecule has 0 N–H and O–H groups in total. The molecular weight excluding hydrogens is 282 g/mol. The van der Waals surface area contributed by atoms with Crippen LogP contribution in [-0.2, 0) is 11.2 Å². The van der Waals surface area contributed by atoms with E-state index in [0.717, 1.165) is 25.0 Å². The topological polar surface area (TPSA) is 46.1 Å². The summed E-state index contributed by atoms with van der Waals surface area (Å²) < 4.78 is 0. The summed E-state index contributed by atoms with van der Waals surface area (Å²) in [6.07, 6.45) is 11.9. The van der Waals surface area contributed by atoms with Gasteiger partial charge in [-0.05, 0) is 25.7 Å². The van der Waals surface area contributed by atoms with E-state index in [0.29, 0.717) is 23.0 Å². The van der Waals surface area contributed by atoms with Crippen molar-refractivity contribution in [2.45, 2.75) is 62.3 Å². The van der Waals surface area contributed by atoms with E-state index in [1.165, 1.54) is 31.2 Å². The van der Waals surface area contributed by atoms with Gasteiger partial charge in [-0.3, -0.25) is 4.79 Å². The molecule has 0 spiro atoms. The van der Waals surface area contributed by atoms with Crippen molar-refractivity contribution in [1.82, 2.24) is 14.9 Å². The SMILES string of the molecule is O=C(CSC1CCCC1)N1C2CCC1c1cncnc1C2. The van der Waals surface area contributed by atoms with E-state index in [-0.39, 0.29) is 6.04 Å². The maximum atomic E-state index is 12.7. The van der Waals surface area contributed by atoms with Crippen LogP contribution in [0.25, 0.3) is 0 Å². The van der Waals surface area contributed by atoms with Crippen molar-refractivity contribution >= 4 is 17.7 Å². The van der Waals surface area contributed by atoms with Crippen molar-refractivity contribution in [3.8, 4) is 0 Å². The van der Waals surface area contributed by atoms with E-state index in [4.69, 9.17) is 0 Å². The van der Waals surface area contributed by atoms with Crippen molar-refractivity contribution in [2.24, 2.45) is 0 Å². The molecule has 2 aliphatic heterocycles. The lowest BCUT2D eigenvalue weighted by molar-refractivity contribution is -0.131. The van der Waals surface area contributed by atoms with Crippen LogP contribution in [0.5, 0.6) is 0 Å². The Balaban J connectivity index is 1.47. The van der Waals surface area contributed by atoms with Crippen molar-refractivity contribution in [3.05, 3.63) is 23.8 Å². The fraction of sp³-hybridized carbons (Fsp3) is 0.688. The van der Waals surface area contributed by atoms with Gasteiger partial charge in [-0.2, -0.15) is 0 Å². The van der Waals surface area contributed by atoms with Gasteiger partial charge in [0.1, 0.15) is 6.33 Å². The van der Waals surface area contributed by atoms with Gasteiger partial charge in [0.2, 0.25) is 5.91 Å². The number of carbonyl (C=O) groups is 1. The van der Waals surface area contributed by atoms with Crippen LogP contribution in [0.4, 0.5) is 0 Å². The van der Waals surface area contributed by atoms with Gasteiger partial charge in [0.15, 0.2) is 0 Å². The molecule has 2 atom stereocenters. The zero-order valence-electron chi connectivity index (χ0n) is 12.2. The Bertz CT molecular complexity index is 544. The Morgan fingerprint density at radius 2 is 2.14 bits per heavy atom. The summed E-state index contributed by atoms with van der Waals surface area (Å²) in [4.78, 5) is 23.4. The van der Waals surface area contributed by atoms with Crippen LogP contribution in [-0.4, -0.2) is 37.8 Å². The van der Waals surface area contributed by atoms with Gasteiger partial charge in [0.25, 0.3) is 0 Å². The minimum absolute atomic E-state index is 0.233. The summed E-state index contributed by atoms with van der Waals surface area (Å²) in [7, 11) is 0. The number of hydrogen-bond donors (Lipinski definition) is 0. The normalized spacial score (nSPS) is 27.9. The maximum absolute atomic E-state index is 12.7. The Morgan fingerprint density at radius 1 is 1.29 bits per heavy atom. The van der Waals surface area contributed by atoms with Crippen LogP contribution in [0.15, 0.2) is 12.5 Å². The molecule has 21 heavy (non-hydrogen) atoms. The Hall–Kier alpha value is -1.10. The molecule has 1 saturated carbocycles. The number of carbonyl (C=O) groups excluding carboxylic acids is 1. The molecule has 1 amide bonds. The van der Waals surface area contributed by atoms with Gasteiger partial charge >= 0.3 is 0 Å². The highest BCUT2D eigenvalue weighted by atomic mass is 32.2. The van der Waals surface area contributed by atoms with E-state index in [9.17, 15) is 4.79 Å². The summed E-state index contributed by atoms with van der Waals surface area (Å²) >= 11 is 1.88. The van der Waals surface area contributed by atoms with E-state index in [2.05, 4.69) is 14.9 Å². The number of hydrogen-bond acceptors (Lipinski definition) is 4. The monoisotopic (exact) mass is 303 g/mol. The van der Waals surface area contributed by atoms with E-state index >= 15 is 0 Å². The van der Waals surface area contributed by atoms with Crippen LogP contribution in [0, 0.1) is 0 Å². The lowest BCUT2D eigenvalue weighted by atomic mass is 9.99. The highest BCUT2D eigenvalue weighted by Crippen LogP contribution is 2.43. The van der Waals surface area contributed by atoms with Crippen molar-refractivity contribution in [1.29, 1.82) is 0 Å². The molecule has 2 unspecified atom stereocenters. The van der Waals surface area contributed by atoms with Gasteiger partial charge in [-0.15, -0.1) is 11.8 Å². The van der Waals surface area contributed by atoms with Gasteiger partial charge in [-0.25, -0.2) is 9.97 Å². The highest BCUT2D eigenvalue weighted by Gasteiger charge is 2.43. The summed E-state index contributed by atoms with van der Waals surface area (Å²) in [6.45, 7) is 0. The predicted octanol–water partition coefficient (Wildman–Crippen LogP) is 2.74. The second kappa shape index (κ2) is 5.59. The largest absolute Gasteiger partial charge is 0.331 e. The lowest BCUT2D eigenvalue weighted by Gasteiger charge is -2.35. The quantitative estimate of drug-likeness (QED) is 0.861. The molecule has 4 nitrogen and oxygen atoms in total. The summed E-state index contributed by atoms with van der Waals surface area (Å²) in [5.74, 6) is 0.981. The highest BCUT2D eigenvalue weighted by molar-refractivity contribution is 8.00. The molecule has 1 aromatic rings. The molecule has 112 valence electrons. The molecule has 4 rings (SSSR count). The van der Waals surface area contributed by atoms with Gasteiger partial charge in [0.05, 0.1) is 17.5 Å². The minimum Gasteiger partial charge on any atom is -0.331 e. The zero-order chi connectivity index (χ0) is 14.2. The molecule has 2 bridgehead atoms. The summed E-state index contributed by atoms with van der Waals surface area (Å²) in [6, 6.07) is 0.603. The zero-order valence-corrected chi connectivity index (χ0v) is 13.0. The number of fused-ring (bicyclic) bond motifs is 4. The molecule has 1 aromatic heterocycles. The standard InChI is InChI=1S/C16H21N3OS/c20-16(9-21-12-3-1-2-4-12)19-11-5-6-15(19)13-8-17-10-18-14(13)7-11/h8,10-12,15H,1-7,9H2. The molecule has 1 aliphatic carbocycles. The molecule has 0 radical (unpaired) electrons. The molecular formula is C16H21N3OS. The van der Waals surface area contributed by atoms with Crippen LogP contribution in [0.2, 0.25) is 0 Å². The third kappa shape index (κ3) is 2.45. The number of thioether (sulfide) groups is 1. The van der Waals surface area contributed by atoms with Crippen LogP contribution >= 0.6 is 11.8 Å².